The van der Waals surface area contributed by atoms with Crippen LogP contribution in [0.3, 0.4) is 0 Å². The number of hydrogen-bond acceptors (Lipinski definition) is 3. The molecule has 0 saturated heterocycles. The van der Waals surface area contributed by atoms with Gasteiger partial charge in [0, 0.05) is 6.42 Å². The van der Waals surface area contributed by atoms with Crippen LogP contribution in [-0.2, 0) is 14.3 Å². The zero-order chi connectivity index (χ0) is 15.1. The lowest BCUT2D eigenvalue weighted by Gasteiger charge is -2.58. The number of Topliss-reactive ketones (excluding diaryl/α,β-unsaturated/α-hetero) is 1. The first-order chi connectivity index (χ1) is 9.29. The smallest absolute Gasteiger partial charge is 0.316 e. The first-order valence-electron chi connectivity index (χ1n) is 7.89. The summed E-state index contributed by atoms with van der Waals surface area (Å²) < 4.78 is 4.94. The summed E-state index contributed by atoms with van der Waals surface area (Å²) >= 11 is 0. The van der Waals surface area contributed by atoms with Crippen LogP contribution in [0.5, 0.6) is 0 Å². The molecule has 0 aromatic heterocycles. The molecule has 0 aromatic rings. The number of esters is 1. The van der Waals surface area contributed by atoms with Crippen LogP contribution < -0.4 is 0 Å². The van der Waals surface area contributed by atoms with Crippen LogP contribution in [-0.4, -0.2) is 18.9 Å². The number of carbonyl (C=O) groups excluding carboxylic acids is 2. The third-order valence-electron chi connectivity index (χ3n) is 6.37. The molecule has 0 radical (unpaired) electrons. The number of rotatable bonds is 2. The van der Waals surface area contributed by atoms with E-state index in [1.807, 2.05) is 0 Å². The van der Waals surface area contributed by atoms with Gasteiger partial charge in [-0.05, 0) is 41.9 Å². The molecule has 0 aromatic carbocycles. The van der Waals surface area contributed by atoms with Gasteiger partial charge in [-0.25, -0.2) is 0 Å². The highest BCUT2D eigenvalue weighted by molar-refractivity contribution is 6.00. The monoisotopic (exact) mass is 280 g/mol. The number of fused-ring (bicyclic) bond motifs is 1. The van der Waals surface area contributed by atoms with Crippen molar-refractivity contribution >= 4 is 11.8 Å². The fourth-order valence-corrected chi connectivity index (χ4v) is 5.26. The summed E-state index contributed by atoms with van der Waals surface area (Å²) in [7, 11) is 1.39. The van der Waals surface area contributed by atoms with Crippen molar-refractivity contribution in [3.05, 3.63) is 0 Å². The normalized spacial score (nSPS) is 40.0. The van der Waals surface area contributed by atoms with Gasteiger partial charge in [0.05, 0.1) is 7.11 Å². The fourth-order valence-electron chi connectivity index (χ4n) is 5.26. The van der Waals surface area contributed by atoms with Crippen molar-refractivity contribution in [1.29, 1.82) is 0 Å². The molecule has 2 aliphatic rings. The first-order valence-corrected chi connectivity index (χ1v) is 7.89. The standard InChI is InChI=1S/C17H28O3/c1-6-11-9-10-17(4)13(16(11,2)3)8-7-12(18)14(17)15(19)20-5/h11,13-14H,6-10H2,1-5H3/t11?,13-,14+,17-/m0/s1. The predicted molar refractivity (Wildman–Crippen MR) is 78.1 cm³/mol. The van der Waals surface area contributed by atoms with Crippen molar-refractivity contribution in [1.82, 2.24) is 0 Å². The molecule has 1 unspecified atom stereocenters. The maximum Gasteiger partial charge on any atom is 0.316 e. The van der Waals surface area contributed by atoms with Gasteiger partial charge in [0.15, 0.2) is 0 Å². The summed E-state index contributed by atoms with van der Waals surface area (Å²) in [5.41, 5.74) is -0.0354. The van der Waals surface area contributed by atoms with Gasteiger partial charge in [0.1, 0.15) is 11.7 Å². The topological polar surface area (TPSA) is 43.4 Å². The van der Waals surface area contributed by atoms with Crippen LogP contribution >= 0.6 is 0 Å². The van der Waals surface area contributed by atoms with Crippen molar-refractivity contribution in [3.8, 4) is 0 Å². The Bertz CT molecular complexity index is 404. The number of methoxy groups -OCH3 is 1. The molecular weight excluding hydrogens is 252 g/mol. The molecule has 0 spiro atoms. The minimum atomic E-state index is -0.552. The average Bonchev–Trinajstić information content (AvgIpc) is 2.37. The van der Waals surface area contributed by atoms with Crippen LogP contribution in [0.25, 0.3) is 0 Å². The average molecular weight is 280 g/mol. The Labute approximate surface area is 122 Å². The summed E-state index contributed by atoms with van der Waals surface area (Å²) in [6.45, 7) is 9.05. The Morgan fingerprint density at radius 1 is 1.30 bits per heavy atom. The van der Waals surface area contributed by atoms with E-state index in [2.05, 4.69) is 27.7 Å². The van der Waals surface area contributed by atoms with E-state index in [0.717, 1.165) is 19.3 Å². The van der Waals surface area contributed by atoms with E-state index in [1.54, 1.807) is 0 Å². The van der Waals surface area contributed by atoms with Gasteiger partial charge in [0.2, 0.25) is 0 Å². The maximum absolute atomic E-state index is 12.3. The molecule has 0 aliphatic heterocycles. The third kappa shape index (κ3) is 2.10. The molecule has 0 N–H and O–H groups in total. The Morgan fingerprint density at radius 2 is 1.95 bits per heavy atom. The van der Waals surface area contributed by atoms with Crippen molar-refractivity contribution in [2.45, 2.75) is 59.8 Å². The summed E-state index contributed by atoms with van der Waals surface area (Å²) in [6, 6.07) is 0. The van der Waals surface area contributed by atoms with Gasteiger partial charge in [-0.15, -0.1) is 0 Å². The zero-order valence-corrected chi connectivity index (χ0v) is 13.5. The lowest BCUT2D eigenvalue weighted by atomic mass is 9.45. The lowest BCUT2D eigenvalue weighted by Crippen LogP contribution is -2.56. The molecule has 2 fully saturated rings. The van der Waals surface area contributed by atoms with Crippen molar-refractivity contribution in [3.63, 3.8) is 0 Å². The number of carbonyl (C=O) groups is 2. The molecule has 114 valence electrons. The maximum atomic E-state index is 12.3. The summed E-state index contributed by atoms with van der Waals surface area (Å²) in [5, 5.41) is 0. The van der Waals surface area contributed by atoms with Crippen LogP contribution in [0.4, 0.5) is 0 Å². The molecule has 2 rings (SSSR count). The number of hydrogen-bond donors (Lipinski definition) is 0. The van der Waals surface area contributed by atoms with Crippen molar-refractivity contribution in [2.24, 2.45) is 28.6 Å². The van der Waals surface area contributed by atoms with Gasteiger partial charge >= 0.3 is 5.97 Å². The van der Waals surface area contributed by atoms with Gasteiger partial charge < -0.3 is 4.74 Å². The molecule has 3 heteroatoms. The summed E-state index contributed by atoms with van der Waals surface area (Å²) in [6.07, 6.45) is 4.70. The van der Waals surface area contributed by atoms with Crippen molar-refractivity contribution in [2.75, 3.05) is 7.11 Å². The van der Waals surface area contributed by atoms with Gasteiger partial charge in [-0.3, -0.25) is 9.59 Å². The SMILES string of the molecule is CCC1CC[C@]2(C)[C@@H](C(=O)OC)C(=O)CC[C@H]2C1(C)C. The molecule has 0 amide bonds. The van der Waals surface area contributed by atoms with Crippen molar-refractivity contribution < 1.29 is 14.3 Å². The van der Waals surface area contributed by atoms with E-state index in [0.29, 0.717) is 18.3 Å². The predicted octanol–water partition coefficient (Wildman–Crippen LogP) is 3.61. The molecule has 20 heavy (non-hydrogen) atoms. The molecule has 2 saturated carbocycles. The first kappa shape index (κ1) is 15.5. The van der Waals surface area contributed by atoms with Gasteiger partial charge in [-0.1, -0.05) is 34.1 Å². The Morgan fingerprint density at radius 3 is 2.50 bits per heavy atom. The van der Waals surface area contributed by atoms with E-state index in [-0.39, 0.29) is 22.6 Å². The van der Waals surface area contributed by atoms with E-state index in [1.165, 1.54) is 13.5 Å². The molecule has 2 aliphatic carbocycles. The highest BCUT2D eigenvalue weighted by atomic mass is 16.5. The Hall–Kier alpha value is -0.860. The minimum Gasteiger partial charge on any atom is -0.468 e. The van der Waals surface area contributed by atoms with Crippen LogP contribution in [0.15, 0.2) is 0 Å². The highest BCUT2D eigenvalue weighted by Crippen LogP contribution is 2.61. The second-order valence-corrected chi connectivity index (χ2v) is 7.48. The molecule has 3 nitrogen and oxygen atoms in total. The van der Waals surface area contributed by atoms with Crippen LogP contribution in [0, 0.1) is 28.6 Å². The Kier molecular flexibility index (Phi) is 4.01. The second-order valence-electron chi connectivity index (χ2n) is 7.48. The van der Waals surface area contributed by atoms with Gasteiger partial charge in [-0.2, -0.15) is 0 Å². The Balaban J connectivity index is 2.41. The minimum absolute atomic E-state index is 0.0846. The van der Waals surface area contributed by atoms with E-state index in [4.69, 9.17) is 4.74 Å². The van der Waals surface area contributed by atoms with E-state index >= 15 is 0 Å². The van der Waals surface area contributed by atoms with E-state index < -0.39 is 5.92 Å². The largest absolute Gasteiger partial charge is 0.468 e. The molecule has 0 heterocycles. The van der Waals surface area contributed by atoms with Gasteiger partial charge in [0.25, 0.3) is 0 Å². The highest BCUT2D eigenvalue weighted by Gasteiger charge is 2.59. The van der Waals surface area contributed by atoms with Crippen LogP contribution in [0.2, 0.25) is 0 Å². The number of ketones is 1. The molecular formula is C17H28O3. The lowest BCUT2D eigenvalue weighted by molar-refractivity contribution is -0.171. The summed E-state index contributed by atoms with van der Waals surface area (Å²) in [5.74, 6) is 0.320. The van der Waals surface area contributed by atoms with Crippen LogP contribution in [0.1, 0.15) is 59.8 Å². The molecule has 0 bridgehead atoms. The quantitative estimate of drug-likeness (QED) is 0.573. The fraction of sp³-hybridized carbons (Fsp3) is 0.882. The zero-order valence-electron chi connectivity index (χ0n) is 13.5. The molecule has 4 atom stereocenters. The van der Waals surface area contributed by atoms with E-state index in [9.17, 15) is 9.59 Å². The number of ether oxygens (including phenoxy) is 1. The third-order valence-corrected chi connectivity index (χ3v) is 6.37. The summed E-state index contributed by atoms with van der Waals surface area (Å²) in [4.78, 5) is 24.5. The second kappa shape index (κ2) is 5.16.